The van der Waals surface area contributed by atoms with E-state index in [2.05, 4.69) is 19.8 Å². The Hall–Kier alpha value is -3.36. The first kappa shape index (κ1) is 22.3. The van der Waals surface area contributed by atoms with E-state index < -0.39 is 6.61 Å². The molecule has 3 aromatic rings. The summed E-state index contributed by atoms with van der Waals surface area (Å²) in [6.45, 7) is 5.03. The quantitative estimate of drug-likeness (QED) is 0.573. The molecule has 3 rings (SSSR count). The summed E-state index contributed by atoms with van der Waals surface area (Å²) in [5.41, 5.74) is 4.90. The summed E-state index contributed by atoms with van der Waals surface area (Å²) in [5, 5.41) is 4.54. The molecule has 0 saturated carbocycles. The van der Waals surface area contributed by atoms with E-state index in [0.29, 0.717) is 12.5 Å². The van der Waals surface area contributed by atoms with Crippen LogP contribution in [-0.2, 0) is 17.8 Å². The first-order valence-electron chi connectivity index (χ1n) is 9.79. The van der Waals surface area contributed by atoms with Crippen molar-refractivity contribution in [2.24, 2.45) is 0 Å². The fourth-order valence-corrected chi connectivity index (χ4v) is 3.35. The summed E-state index contributed by atoms with van der Waals surface area (Å²) < 4.78 is 30.6. The molecule has 1 aromatic carbocycles. The second kappa shape index (κ2) is 9.20. The Morgan fingerprint density at radius 2 is 1.71 bits per heavy atom. The number of alkyl halides is 2. The van der Waals surface area contributed by atoms with E-state index in [-0.39, 0.29) is 18.1 Å². The van der Waals surface area contributed by atoms with E-state index in [4.69, 9.17) is 0 Å². The van der Waals surface area contributed by atoms with Crippen LogP contribution in [0.1, 0.15) is 33.9 Å². The number of rotatable bonds is 7. The third-order valence-electron chi connectivity index (χ3n) is 4.92. The zero-order chi connectivity index (χ0) is 22.7. The van der Waals surface area contributed by atoms with Gasteiger partial charge in [-0.2, -0.15) is 13.9 Å². The monoisotopic (exact) mass is 429 g/mol. The molecule has 0 aliphatic heterocycles. The summed E-state index contributed by atoms with van der Waals surface area (Å²) in [5.74, 6) is 0.483. The van der Waals surface area contributed by atoms with Crippen molar-refractivity contribution in [2.75, 3.05) is 7.05 Å². The van der Waals surface area contributed by atoms with Crippen LogP contribution < -0.4 is 4.74 Å². The molecule has 9 heteroatoms. The maximum Gasteiger partial charge on any atom is 0.387 e. The predicted octanol–water partition coefficient (Wildman–Crippen LogP) is 3.70. The summed E-state index contributed by atoms with van der Waals surface area (Å²) in [6.07, 6.45) is 0.186. The Morgan fingerprint density at radius 1 is 1.10 bits per heavy atom. The summed E-state index contributed by atoms with van der Waals surface area (Å²) in [7, 11) is 1.70. The van der Waals surface area contributed by atoms with Crippen molar-refractivity contribution in [1.82, 2.24) is 24.6 Å². The number of hydrogen-bond donors (Lipinski definition) is 0. The fourth-order valence-electron chi connectivity index (χ4n) is 3.35. The molecule has 0 bridgehead atoms. The van der Waals surface area contributed by atoms with Crippen LogP contribution >= 0.6 is 0 Å². The Kier molecular flexibility index (Phi) is 6.62. The molecule has 0 radical (unpaired) electrons. The molecular formula is C22H25F2N5O2. The van der Waals surface area contributed by atoms with Crippen molar-refractivity contribution in [2.45, 2.75) is 47.3 Å². The third kappa shape index (κ3) is 5.42. The van der Waals surface area contributed by atoms with Crippen molar-refractivity contribution in [3.8, 4) is 11.7 Å². The van der Waals surface area contributed by atoms with Crippen LogP contribution in [0.25, 0.3) is 5.95 Å². The zero-order valence-corrected chi connectivity index (χ0v) is 18.2. The fraction of sp³-hybridized carbons (Fsp3) is 0.364. The van der Waals surface area contributed by atoms with Gasteiger partial charge >= 0.3 is 6.61 Å². The normalized spacial score (nSPS) is 11.1. The predicted molar refractivity (Wildman–Crippen MR) is 111 cm³/mol. The zero-order valence-electron chi connectivity index (χ0n) is 18.2. The number of likely N-dealkylation sites (N-methyl/N-ethyl adjacent to an activating group) is 1. The number of nitrogens with zero attached hydrogens (tertiary/aromatic N) is 5. The largest absolute Gasteiger partial charge is 0.435 e. The number of ether oxygens (including phenoxy) is 1. The van der Waals surface area contributed by atoms with E-state index in [9.17, 15) is 13.6 Å². The molecule has 31 heavy (non-hydrogen) atoms. The lowest BCUT2D eigenvalue weighted by Gasteiger charge is -2.18. The number of carbonyl (C=O) groups is 1. The highest BCUT2D eigenvalue weighted by molar-refractivity contribution is 5.79. The smallest absolute Gasteiger partial charge is 0.387 e. The van der Waals surface area contributed by atoms with Gasteiger partial charge in [-0.25, -0.2) is 14.6 Å². The molecule has 164 valence electrons. The number of amides is 1. The van der Waals surface area contributed by atoms with Crippen molar-refractivity contribution in [3.05, 3.63) is 64.2 Å². The minimum atomic E-state index is -2.86. The minimum absolute atomic E-state index is 0.0833. The van der Waals surface area contributed by atoms with Gasteiger partial charge in [0.15, 0.2) is 0 Å². The van der Waals surface area contributed by atoms with Crippen LogP contribution in [0.5, 0.6) is 5.75 Å². The number of benzene rings is 1. The van der Waals surface area contributed by atoms with Gasteiger partial charge in [-0.1, -0.05) is 12.1 Å². The maximum atomic E-state index is 12.8. The number of carbonyl (C=O) groups excluding carboxylic acids is 1. The first-order chi connectivity index (χ1) is 14.6. The van der Waals surface area contributed by atoms with Gasteiger partial charge < -0.3 is 9.64 Å². The van der Waals surface area contributed by atoms with E-state index in [1.54, 1.807) is 28.8 Å². The molecule has 0 unspecified atom stereocenters. The molecule has 0 aliphatic rings. The molecule has 0 fully saturated rings. The van der Waals surface area contributed by atoms with Crippen molar-refractivity contribution >= 4 is 5.91 Å². The van der Waals surface area contributed by atoms with Gasteiger partial charge in [0, 0.05) is 36.2 Å². The average molecular weight is 429 g/mol. The maximum absolute atomic E-state index is 12.8. The SMILES string of the molecule is Cc1cc(C)nc(-n2nc(C)c(CC(=O)N(C)Cc3ccc(OC(F)F)cc3)c2C)n1. The number of aromatic nitrogens is 4. The average Bonchev–Trinajstić information content (AvgIpc) is 2.96. The highest BCUT2D eigenvalue weighted by atomic mass is 19.3. The van der Waals surface area contributed by atoms with Crippen molar-refractivity contribution in [1.29, 1.82) is 0 Å². The second-order valence-corrected chi connectivity index (χ2v) is 7.46. The standard InChI is InChI=1S/C22H25F2N5O2/c1-13-10-14(2)26-22(25-13)29-16(4)19(15(3)27-29)11-20(30)28(5)12-17-6-8-18(9-7-17)31-21(23)24/h6-10,21H,11-12H2,1-5H3. The number of halogens is 2. The van der Waals surface area contributed by atoms with Crippen LogP contribution in [-0.4, -0.2) is 44.2 Å². The molecule has 0 atom stereocenters. The van der Waals surface area contributed by atoms with Gasteiger partial charge in [-0.3, -0.25) is 4.79 Å². The Labute approximate surface area is 179 Å². The molecule has 7 nitrogen and oxygen atoms in total. The lowest BCUT2D eigenvalue weighted by Crippen LogP contribution is -2.28. The minimum Gasteiger partial charge on any atom is -0.435 e. The van der Waals surface area contributed by atoms with Gasteiger partial charge in [0.1, 0.15) is 5.75 Å². The van der Waals surface area contributed by atoms with Crippen LogP contribution in [0.2, 0.25) is 0 Å². The molecule has 0 aliphatic carbocycles. The van der Waals surface area contributed by atoms with Crippen LogP contribution in [0.4, 0.5) is 8.78 Å². The third-order valence-corrected chi connectivity index (χ3v) is 4.92. The first-order valence-corrected chi connectivity index (χ1v) is 9.79. The molecule has 0 N–H and O–H groups in total. The number of aryl methyl sites for hydroxylation is 3. The molecular weight excluding hydrogens is 404 g/mol. The van der Waals surface area contributed by atoms with Gasteiger partial charge in [-0.15, -0.1) is 0 Å². The summed E-state index contributed by atoms with van der Waals surface area (Å²) >= 11 is 0. The Balaban J connectivity index is 1.72. The molecule has 0 saturated heterocycles. The topological polar surface area (TPSA) is 73.1 Å². The molecule has 2 aromatic heterocycles. The summed E-state index contributed by atoms with van der Waals surface area (Å²) in [6, 6.07) is 8.13. The van der Waals surface area contributed by atoms with Crippen molar-refractivity contribution in [3.63, 3.8) is 0 Å². The Morgan fingerprint density at radius 3 is 2.29 bits per heavy atom. The number of hydrogen-bond acceptors (Lipinski definition) is 5. The molecule has 0 spiro atoms. The van der Waals surface area contributed by atoms with Crippen LogP contribution in [0.15, 0.2) is 30.3 Å². The lowest BCUT2D eigenvalue weighted by atomic mass is 10.1. The van der Waals surface area contributed by atoms with E-state index in [0.717, 1.165) is 33.9 Å². The second-order valence-electron chi connectivity index (χ2n) is 7.46. The van der Waals surface area contributed by atoms with Crippen LogP contribution in [0.3, 0.4) is 0 Å². The molecule has 1 amide bonds. The van der Waals surface area contributed by atoms with Crippen molar-refractivity contribution < 1.29 is 18.3 Å². The van der Waals surface area contributed by atoms with Gasteiger partial charge in [-0.05, 0) is 51.5 Å². The molecule has 2 heterocycles. The lowest BCUT2D eigenvalue weighted by molar-refractivity contribution is -0.129. The van der Waals surface area contributed by atoms with E-state index in [1.807, 2.05) is 33.8 Å². The van der Waals surface area contributed by atoms with E-state index >= 15 is 0 Å². The highest BCUT2D eigenvalue weighted by Gasteiger charge is 2.19. The highest BCUT2D eigenvalue weighted by Crippen LogP contribution is 2.19. The van der Waals surface area contributed by atoms with E-state index in [1.165, 1.54) is 12.1 Å². The Bertz CT molecular complexity index is 1060. The van der Waals surface area contributed by atoms with Gasteiger partial charge in [0.2, 0.25) is 5.91 Å². The van der Waals surface area contributed by atoms with Crippen LogP contribution in [0, 0.1) is 27.7 Å². The summed E-state index contributed by atoms with van der Waals surface area (Å²) in [4.78, 5) is 23.3. The van der Waals surface area contributed by atoms with Gasteiger partial charge in [0.05, 0.1) is 12.1 Å². The van der Waals surface area contributed by atoms with Gasteiger partial charge in [0.25, 0.3) is 5.95 Å².